The van der Waals surface area contributed by atoms with Crippen molar-refractivity contribution in [2.45, 2.75) is 37.1 Å². The second-order valence-corrected chi connectivity index (χ2v) is 9.57. The summed E-state index contributed by atoms with van der Waals surface area (Å²) < 4.78 is 26.6. The zero-order valence-electron chi connectivity index (χ0n) is 15.6. The molecule has 28 heavy (non-hydrogen) atoms. The van der Waals surface area contributed by atoms with Gasteiger partial charge in [0, 0.05) is 30.6 Å². The van der Waals surface area contributed by atoms with Gasteiger partial charge in [-0.25, -0.2) is 8.42 Å². The van der Waals surface area contributed by atoms with Crippen LogP contribution in [-0.2, 0) is 19.6 Å². The molecule has 0 aliphatic carbocycles. The van der Waals surface area contributed by atoms with E-state index in [0.29, 0.717) is 18.8 Å². The molecule has 1 fully saturated rings. The topological polar surface area (TPSA) is 95.6 Å². The van der Waals surface area contributed by atoms with Gasteiger partial charge in [-0.1, -0.05) is 6.07 Å². The van der Waals surface area contributed by atoms with Crippen molar-refractivity contribution >= 4 is 38.9 Å². The van der Waals surface area contributed by atoms with Crippen molar-refractivity contribution in [2.75, 3.05) is 18.4 Å². The lowest BCUT2D eigenvalue weighted by Crippen LogP contribution is -2.29. The Balaban J connectivity index is 1.64. The van der Waals surface area contributed by atoms with Crippen molar-refractivity contribution in [3.8, 4) is 0 Å². The first-order valence-electron chi connectivity index (χ1n) is 9.07. The lowest BCUT2D eigenvalue weighted by molar-refractivity contribution is -0.120. The van der Waals surface area contributed by atoms with Gasteiger partial charge in [-0.3, -0.25) is 9.59 Å². The van der Waals surface area contributed by atoms with Gasteiger partial charge in [-0.2, -0.15) is 4.31 Å². The number of carbonyl (C=O) groups is 2. The summed E-state index contributed by atoms with van der Waals surface area (Å²) in [7, 11) is -3.47. The molecule has 1 aromatic carbocycles. The minimum atomic E-state index is -3.47. The Morgan fingerprint density at radius 1 is 1.14 bits per heavy atom. The zero-order valence-corrected chi connectivity index (χ0v) is 17.2. The second-order valence-electron chi connectivity index (χ2n) is 6.66. The maximum absolute atomic E-state index is 12.5. The maximum atomic E-state index is 12.5. The summed E-state index contributed by atoms with van der Waals surface area (Å²) in [6.45, 7) is 2.51. The Bertz CT molecular complexity index is 919. The van der Waals surface area contributed by atoms with Crippen LogP contribution >= 0.6 is 11.3 Å². The average Bonchev–Trinajstić information content (AvgIpc) is 3.35. The molecule has 0 unspecified atom stereocenters. The van der Waals surface area contributed by atoms with Crippen molar-refractivity contribution in [1.82, 2.24) is 9.62 Å². The van der Waals surface area contributed by atoms with E-state index in [1.807, 2.05) is 17.5 Å². The number of amides is 2. The summed E-state index contributed by atoms with van der Waals surface area (Å²) in [4.78, 5) is 25.0. The minimum Gasteiger partial charge on any atom is -0.348 e. The number of hydrogen-bond acceptors (Lipinski definition) is 5. The molecule has 0 spiro atoms. The van der Waals surface area contributed by atoms with Crippen molar-refractivity contribution in [3.63, 3.8) is 0 Å². The summed E-state index contributed by atoms with van der Waals surface area (Å²) in [5, 5.41) is 7.44. The number of carbonyl (C=O) groups excluding carboxylic acids is 2. The predicted octanol–water partition coefficient (Wildman–Crippen LogP) is 2.74. The van der Waals surface area contributed by atoms with Crippen molar-refractivity contribution < 1.29 is 18.0 Å². The first-order valence-corrected chi connectivity index (χ1v) is 11.4. The summed E-state index contributed by atoms with van der Waals surface area (Å²) >= 11 is 1.47. The van der Waals surface area contributed by atoms with Gasteiger partial charge in [-0.15, -0.1) is 11.3 Å². The summed E-state index contributed by atoms with van der Waals surface area (Å²) in [6, 6.07) is 9.52. The van der Waals surface area contributed by atoms with E-state index in [4.69, 9.17) is 0 Å². The molecule has 2 N–H and O–H groups in total. The SMILES string of the molecule is CC(=O)N[C@H](CC(=O)Nc1ccc(S(=O)(=O)N2CCCC2)cc1)c1cccs1. The molecule has 1 aliphatic rings. The highest BCUT2D eigenvalue weighted by atomic mass is 32.2. The van der Waals surface area contributed by atoms with Crippen LogP contribution in [0.4, 0.5) is 5.69 Å². The normalized spacial score (nSPS) is 15.9. The van der Waals surface area contributed by atoms with Crippen LogP contribution in [0.1, 0.15) is 37.1 Å². The van der Waals surface area contributed by atoms with Crippen LogP contribution in [0, 0.1) is 0 Å². The van der Waals surface area contributed by atoms with E-state index in [1.165, 1.54) is 34.7 Å². The molecule has 1 saturated heterocycles. The Morgan fingerprint density at radius 2 is 1.82 bits per heavy atom. The van der Waals surface area contributed by atoms with Gasteiger partial charge >= 0.3 is 0 Å². The summed E-state index contributed by atoms with van der Waals surface area (Å²) in [5.74, 6) is -0.468. The molecule has 1 aromatic heterocycles. The Kier molecular flexibility index (Phi) is 6.48. The van der Waals surface area contributed by atoms with Crippen LogP contribution in [0.15, 0.2) is 46.7 Å². The number of hydrogen-bond donors (Lipinski definition) is 2. The van der Waals surface area contributed by atoms with Gasteiger partial charge in [0.2, 0.25) is 21.8 Å². The molecule has 0 bridgehead atoms. The highest BCUT2D eigenvalue weighted by Crippen LogP contribution is 2.24. The van der Waals surface area contributed by atoms with Gasteiger partial charge in [0.25, 0.3) is 0 Å². The van der Waals surface area contributed by atoms with Crippen molar-refractivity contribution in [1.29, 1.82) is 0 Å². The number of anilines is 1. The minimum absolute atomic E-state index is 0.0912. The monoisotopic (exact) mass is 421 g/mol. The first kappa shape index (κ1) is 20.5. The number of benzene rings is 1. The molecular formula is C19H23N3O4S2. The highest BCUT2D eigenvalue weighted by molar-refractivity contribution is 7.89. The van der Waals surface area contributed by atoms with Crippen LogP contribution in [0.5, 0.6) is 0 Å². The number of rotatable bonds is 7. The van der Waals surface area contributed by atoms with Crippen LogP contribution in [-0.4, -0.2) is 37.6 Å². The standard InChI is InChI=1S/C19H23N3O4S2/c1-14(23)20-17(18-5-4-12-27-18)13-19(24)21-15-6-8-16(9-7-15)28(25,26)22-10-2-3-11-22/h4-9,12,17H,2-3,10-11,13H2,1H3,(H,20,23)(H,21,24)/t17-/m1/s1. The van der Waals surface area contributed by atoms with Gasteiger partial charge in [-0.05, 0) is 48.6 Å². The molecule has 0 saturated carbocycles. The molecule has 1 atom stereocenters. The van der Waals surface area contributed by atoms with Gasteiger partial charge in [0.15, 0.2) is 0 Å². The smallest absolute Gasteiger partial charge is 0.243 e. The molecule has 2 amide bonds. The molecule has 2 heterocycles. The molecule has 1 aliphatic heterocycles. The Morgan fingerprint density at radius 3 is 2.39 bits per heavy atom. The van der Waals surface area contributed by atoms with E-state index >= 15 is 0 Å². The summed E-state index contributed by atoms with van der Waals surface area (Å²) in [5.41, 5.74) is 0.512. The molecule has 3 rings (SSSR count). The van der Waals surface area contributed by atoms with Gasteiger partial charge in [0.05, 0.1) is 17.4 Å². The van der Waals surface area contributed by atoms with E-state index in [0.717, 1.165) is 17.7 Å². The van der Waals surface area contributed by atoms with Gasteiger partial charge < -0.3 is 10.6 Å². The van der Waals surface area contributed by atoms with E-state index in [2.05, 4.69) is 10.6 Å². The number of nitrogens with zero attached hydrogens (tertiary/aromatic N) is 1. The molecular weight excluding hydrogens is 398 g/mol. The lowest BCUT2D eigenvalue weighted by Gasteiger charge is -2.17. The van der Waals surface area contributed by atoms with E-state index < -0.39 is 16.1 Å². The maximum Gasteiger partial charge on any atom is 0.243 e. The highest BCUT2D eigenvalue weighted by Gasteiger charge is 2.27. The molecule has 0 radical (unpaired) electrons. The number of sulfonamides is 1. The second kappa shape index (κ2) is 8.85. The third-order valence-electron chi connectivity index (χ3n) is 4.49. The Labute approximate surface area is 168 Å². The Hall–Kier alpha value is -2.23. The van der Waals surface area contributed by atoms with Crippen molar-refractivity contribution in [3.05, 3.63) is 46.7 Å². The fourth-order valence-corrected chi connectivity index (χ4v) is 5.44. The quantitative estimate of drug-likeness (QED) is 0.719. The predicted molar refractivity (Wildman–Crippen MR) is 109 cm³/mol. The summed E-state index contributed by atoms with van der Waals surface area (Å²) in [6.07, 6.45) is 1.86. The first-order chi connectivity index (χ1) is 13.4. The van der Waals surface area contributed by atoms with Gasteiger partial charge in [0.1, 0.15) is 0 Å². The van der Waals surface area contributed by atoms with Crippen LogP contribution < -0.4 is 10.6 Å². The fourth-order valence-electron chi connectivity index (χ4n) is 3.14. The van der Waals surface area contributed by atoms with Crippen LogP contribution in [0.2, 0.25) is 0 Å². The largest absolute Gasteiger partial charge is 0.348 e. The molecule has 9 heteroatoms. The van der Waals surface area contributed by atoms with E-state index in [9.17, 15) is 18.0 Å². The lowest BCUT2D eigenvalue weighted by atomic mass is 10.1. The van der Waals surface area contributed by atoms with E-state index in [-0.39, 0.29) is 23.1 Å². The van der Waals surface area contributed by atoms with Crippen LogP contribution in [0.25, 0.3) is 0 Å². The van der Waals surface area contributed by atoms with Crippen LogP contribution in [0.3, 0.4) is 0 Å². The number of thiophene rings is 1. The third-order valence-corrected chi connectivity index (χ3v) is 7.39. The average molecular weight is 422 g/mol. The molecule has 7 nitrogen and oxygen atoms in total. The van der Waals surface area contributed by atoms with E-state index in [1.54, 1.807) is 12.1 Å². The van der Waals surface area contributed by atoms with Crippen molar-refractivity contribution in [2.24, 2.45) is 0 Å². The zero-order chi connectivity index (χ0) is 20.1. The molecule has 2 aromatic rings. The molecule has 150 valence electrons. The fraction of sp³-hybridized carbons (Fsp3) is 0.368. The number of nitrogens with one attached hydrogen (secondary N) is 2. The third kappa shape index (κ3) is 4.98.